The van der Waals surface area contributed by atoms with Crippen molar-refractivity contribution in [3.63, 3.8) is 0 Å². The summed E-state index contributed by atoms with van der Waals surface area (Å²) >= 11 is 3.71. The zero-order valence-electron chi connectivity index (χ0n) is 11.0. The van der Waals surface area contributed by atoms with Gasteiger partial charge in [0.05, 0.1) is 11.5 Å². The summed E-state index contributed by atoms with van der Waals surface area (Å²) in [5.74, 6) is 0.856. The van der Waals surface area contributed by atoms with Gasteiger partial charge in [-0.2, -0.15) is 0 Å². The molecule has 0 N–H and O–H groups in total. The number of aryl methyl sites for hydroxylation is 3. The fourth-order valence-electron chi connectivity index (χ4n) is 2.59. The quantitative estimate of drug-likeness (QED) is 0.778. The number of benzene rings is 1. The van der Waals surface area contributed by atoms with Crippen LogP contribution in [0, 0.1) is 26.7 Å². The van der Waals surface area contributed by atoms with Crippen molar-refractivity contribution in [3.8, 4) is 0 Å². The first-order valence-electron chi connectivity index (χ1n) is 6.22. The number of rotatable bonds is 2. The molecule has 0 aromatic heterocycles. The molecular formula is C14H19BrO2S. The molecule has 2 unspecified atom stereocenters. The van der Waals surface area contributed by atoms with E-state index < -0.39 is 9.84 Å². The lowest BCUT2D eigenvalue weighted by molar-refractivity contribution is 0.578. The summed E-state index contributed by atoms with van der Waals surface area (Å²) in [6.07, 6.45) is 0.768. The van der Waals surface area contributed by atoms with Crippen molar-refractivity contribution in [1.82, 2.24) is 0 Å². The van der Waals surface area contributed by atoms with Crippen LogP contribution in [-0.2, 0) is 9.84 Å². The molecule has 0 aliphatic carbocycles. The van der Waals surface area contributed by atoms with Gasteiger partial charge < -0.3 is 0 Å². The lowest BCUT2D eigenvalue weighted by atomic mass is 9.92. The summed E-state index contributed by atoms with van der Waals surface area (Å²) < 4.78 is 23.1. The minimum absolute atomic E-state index is 0.147. The third kappa shape index (κ3) is 2.80. The first-order chi connectivity index (χ1) is 8.30. The maximum atomic E-state index is 11.6. The Kier molecular flexibility index (Phi) is 3.88. The Balaban J connectivity index is 2.30. The van der Waals surface area contributed by atoms with Gasteiger partial charge in [-0.1, -0.05) is 28.1 Å². The van der Waals surface area contributed by atoms with E-state index in [9.17, 15) is 8.42 Å². The molecule has 0 bridgehead atoms. The van der Waals surface area contributed by atoms with Gasteiger partial charge in [0, 0.05) is 4.83 Å². The molecule has 0 spiro atoms. The second kappa shape index (κ2) is 4.97. The van der Waals surface area contributed by atoms with Crippen molar-refractivity contribution in [1.29, 1.82) is 0 Å². The highest BCUT2D eigenvalue weighted by Crippen LogP contribution is 2.39. The smallest absolute Gasteiger partial charge is 0.150 e. The van der Waals surface area contributed by atoms with E-state index in [1.807, 2.05) is 0 Å². The summed E-state index contributed by atoms with van der Waals surface area (Å²) in [4.78, 5) is 0.147. The average Bonchev–Trinajstić information content (AvgIpc) is 2.63. The molecule has 4 heteroatoms. The predicted molar refractivity (Wildman–Crippen MR) is 79.1 cm³/mol. The third-order valence-corrected chi connectivity index (χ3v) is 6.90. The van der Waals surface area contributed by atoms with E-state index >= 15 is 0 Å². The van der Waals surface area contributed by atoms with E-state index in [2.05, 4.69) is 48.8 Å². The Morgan fingerprint density at radius 1 is 1.17 bits per heavy atom. The fourth-order valence-corrected chi connectivity index (χ4v) is 5.62. The van der Waals surface area contributed by atoms with Crippen molar-refractivity contribution in [2.24, 2.45) is 5.92 Å². The summed E-state index contributed by atoms with van der Waals surface area (Å²) in [6.45, 7) is 6.30. The summed E-state index contributed by atoms with van der Waals surface area (Å²) in [5.41, 5.74) is 5.03. The Morgan fingerprint density at radius 3 is 2.33 bits per heavy atom. The molecule has 1 aromatic rings. The fraction of sp³-hybridized carbons (Fsp3) is 0.571. The highest BCUT2D eigenvalue weighted by atomic mass is 79.9. The van der Waals surface area contributed by atoms with Crippen LogP contribution in [0.4, 0.5) is 0 Å². The lowest BCUT2D eigenvalue weighted by Gasteiger charge is -2.20. The van der Waals surface area contributed by atoms with Gasteiger partial charge in [0.1, 0.15) is 0 Å². The normalized spacial score (nSPS) is 24.1. The second-order valence-corrected chi connectivity index (χ2v) is 8.57. The van der Waals surface area contributed by atoms with Crippen LogP contribution in [0.5, 0.6) is 0 Å². The molecule has 2 atom stereocenters. The molecule has 1 aliphatic heterocycles. The largest absolute Gasteiger partial charge is 0.229 e. The molecule has 100 valence electrons. The Morgan fingerprint density at radius 2 is 1.78 bits per heavy atom. The van der Waals surface area contributed by atoms with Gasteiger partial charge >= 0.3 is 0 Å². The molecule has 1 saturated heterocycles. The van der Waals surface area contributed by atoms with Gasteiger partial charge in [0.25, 0.3) is 0 Å². The van der Waals surface area contributed by atoms with Crippen molar-refractivity contribution in [3.05, 3.63) is 34.4 Å². The zero-order valence-corrected chi connectivity index (χ0v) is 13.4. The van der Waals surface area contributed by atoms with Crippen LogP contribution in [0.15, 0.2) is 12.1 Å². The van der Waals surface area contributed by atoms with Crippen molar-refractivity contribution in [2.75, 3.05) is 11.5 Å². The first kappa shape index (κ1) is 14.1. The molecule has 1 heterocycles. The van der Waals surface area contributed by atoms with E-state index in [-0.39, 0.29) is 10.7 Å². The number of alkyl halides is 1. The van der Waals surface area contributed by atoms with E-state index in [0.717, 1.165) is 6.42 Å². The van der Waals surface area contributed by atoms with Crippen molar-refractivity contribution < 1.29 is 8.42 Å². The second-order valence-electron chi connectivity index (χ2n) is 5.36. The van der Waals surface area contributed by atoms with Crippen LogP contribution < -0.4 is 0 Å². The van der Waals surface area contributed by atoms with Gasteiger partial charge in [-0.15, -0.1) is 0 Å². The number of sulfone groups is 1. The highest BCUT2D eigenvalue weighted by Gasteiger charge is 2.33. The summed E-state index contributed by atoms with van der Waals surface area (Å²) in [7, 11) is -2.81. The standard InChI is InChI=1S/C14H19BrO2S/c1-9-6-11(3)13(7-10(9)2)14(15)12-4-5-18(16,17)8-12/h6-7,12,14H,4-5,8H2,1-3H3. The van der Waals surface area contributed by atoms with Gasteiger partial charge in [0.2, 0.25) is 0 Å². The maximum absolute atomic E-state index is 11.6. The SMILES string of the molecule is Cc1cc(C)c(C(Br)C2CCS(=O)(=O)C2)cc1C. The predicted octanol–water partition coefficient (Wildman–Crippen LogP) is 3.48. The molecule has 2 nitrogen and oxygen atoms in total. The number of halogens is 1. The van der Waals surface area contributed by atoms with Crippen LogP contribution in [0.3, 0.4) is 0 Å². The number of hydrogen-bond donors (Lipinski definition) is 0. The van der Waals surface area contributed by atoms with Crippen LogP contribution in [0.2, 0.25) is 0 Å². The van der Waals surface area contributed by atoms with Gasteiger partial charge in [-0.3, -0.25) is 0 Å². The van der Waals surface area contributed by atoms with Crippen LogP contribution in [0.1, 0.15) is 33.5 Å². The molecular weight excluding hydrogens is 312 g/mol. The Labute approximate surface area is 118 Å². The molecule has 1 aliphatic rings. The molecule has 0 saturated carbocycles. The monoisotopic (exact) mass is 330 g/mol. The molecule has 2 rings (SSSR count). The van der Waals surface area contributed by atoms with Gasteiger partial charge in [-0.25, -0.2) is 8.42 Å². The van der Waals surface area contributed by atoms with E-state index in [4.69, 9.17) is 0 Å². The zero-order chi connectivity index (χ0) is 13.5. The van der Waals surface area contributed by atoms with Crippen molar-refractivity contribution in [2.45, 2.75) is 32.0 Å². The number of hydrogen-bond acceptors (Lipinski definition) is 2. The third-order valence-electron chi connectivity index (χ3n) is 3.86. The van der Waals surface area contributed by atoms with Crippen LogP contribution in [-0.4, -0.2) is 19.9 Å². The summed E-state index contributed by atoms with van der Waals surface area (Å²) in [5, 5.41) is 0. The van der Waals surface area contributed by atoms with Gasteiger partial charge in [-0.05, 0) is 55.4 Å². The molecule has 0 radical (unpaired) electrons. The van der Waals surface area contributed by atoms with Gasteiger partial charge in [0.15, 0.2) is 9.84 Å². The summed E-state index contributed by atoms with van der Waals surface area (Å²) in [6, 6.07) is 4.37. The molecule has 18 heavy (non-hydrogen) atoms. The lowest BCUT2D eigenvalue weighted by Crippen LogP contribution is -2.11. The van der Waals surface area contributed by atoms with Crippen LogP contribution in [0.25, 0.3) is 0 Å². The topological polar surface area (TPSA) is 34.1 Å². The molecule has 0 amide bonds. The maximum Gasteiger partial charge on any atom is 0.150 e. The first-order valence-corrected chi connectivity index (χ1v) is 8.96. The minimum Gasteiger partial charge on any atom is -0.229 e. The van der Waals surface area contributed by atoms with E-state index in [0.29, 0.717) is 11.5 Å². The highest BCUT2D eigenvalue weighted by molar-refractivity contribution is 9.09. The Hall–Kier alpha value is -0.350. The molecule has 1 fully saturated rings. The van der Waals surface area contributed by atoms with Crippen molar-refractivity contribution >= 4 is 25.8 Å². The van der Waals surface area contributed by atoms with E-state index in [1.165, 1.54) is 22.3 Å². The molecule has 1 aromatic carbocycles. The minimum atomic E-state index is -2.81. The Bertz CT molecular complexity index is 563. The van der Waals surface area contributed by atoms with Crippen LogP contribution >= 0.6 is 15.9 Å². The van der Waals surface area contributed by atoms with E-state index in [1.54, 1.807) is 0 Å². The average molecular weight is 331 g/mol.